The van der Waals surface area contributed by atoms with Crippen molar-refractivity contribution in [3.8, 4) is 0 Å². The van der Waals surface area contributed by atoms with Gasteiger partial charge >= 0.3 is 0 Å². The molecule has 23 heavy (non-hydrogen) atoms. The molecule has 0 atom stereocenters. The summed E-state index contributed by atoms with van der Waals surface area (Å²) in [6.45, 7) is 4.08. The average Bonchev–Trinajstić information content (AvgIpc) is 2.97. The Balaban J connectivity index is 1.71. The summed E-state index contributed by atoms with van der Waals surface area (Å²) in [4.78, 5) is 12.0. The van der Waals surface area contributed by atoms with Gasteiger partial charge in [-0.1, -0.05) is 30.3 Å². The van der Waals surface area contributed by atoms with Gasteiger partial charge in [-0.3, -0.25) is 5.01 Å². The lowest BCUT2D eigenvalue weighted by Crippen LogP contribution is -2.37. The van der Waals surface area contributed by atoms with Crippen LogP contribution in [0.1, 0.15) is 17.0 Å². The minimum absolute atomic E-state index is 0.749. The molecule has 0 saturated carbocycles. The highest BCUT2D eigenvalue weighted by Crippen LogP contribution is 2.30. The van der Waals surface area contributed by atoms with Crippen LogP contribution in [0.4, 0.5) is 11.6 Å². The summed E-state index contributed by atoms with van der Waals surface area (Å²) in [5, 5.41) is 2.00. The normalized spacial score (nSPS) is 17.4. The third-order valence-electron chi connectivity index (χ3n) is 4.34. The van der Waals surface area contributed by atoms with Crippen molar-refractivity contribution < 1.29 is 4.74 Å². The van der Waals surface area contributed by atoms with Crippen molar-refractivity contribution in [3.05, 3.63) is 47.3 Å². The van der Waals surface area contributed by atoms with Crippen LogP contribution >= 0.6 is 0 Å². The van der Waals surface area contributed by atoms with Gasteiger partial charge in [-0.15, -0.1) is 0 Å². The Bertz CT molecular complexity index is 685. The van der Waals surface area contributed by atoms with Gasteiger partial charge in [-0.05, 0) is 5.56 Å². The minimum Gasteiger partial charge on any atom is -0.378 e. The van der Waals surface area contributed by atoms with Crippen LogP contribution < -0.4 is 15.3 Å². The standard InChI is InChI=1S/C17H21N5O/c1-21-16-14(12-18-21)17(22-7-9-23-10-8-22)20-15(19-16)11-13-5-3-2-4-6-13/h2-6,18H,7-12H2,1H3. The lowest BCUT2D eigenvalue weighted by Gasteiger charge is -2.29. The molecule has 1 fully saturated rings. The van der Waals surface area contributed by atoms with Gasteiger partial charge < -0.3 is 9.64 Å². The molecule has 1 aromatic heterocycles. The minimum atomic E-state index is 0.749. The largest absolute Gasteiger partial charge is 0.378 e. The molecule has 6 nitrogen and oxygen atoms in total. The van der Waals surface area contributed by atoms with Gasteiger partial charge in [0, 0.05) is 33.1 Å². The topological polar surface area (TPSA) is 53.5 Å². The molecular formula is C17H21N5O. The number of morpholine rings is 1. The molecule has 2 aliphatic rings. The maximum atomic E-state index is 5.48. The Kier molecular flexibility index (Phi) is 3.85. The Hall–Kier alpha value is -2.18. The number of hydrogen-bond acceptors (Lipinski definition) is 6. The molecule has 0 aliphatic carbocycles. The zero-order valence-corrected chi connectivity index (χ0v) is 13.3. The highest BCUT2D eigenvalue weighted by molar-refractivity contribution is 5.62. The van der Waals surface area contributed by atoms with E-state index in [0.29, 0.717) is 0 Å². The molecular weight excluding hydrogens is 290 g/mol. The number of fused-ring (bicyclic) bond motifs is 1. The van der Waals surface area contributed by atoms with E-state index in [1.54, 1.807) is 0 Å². The van der Waals surface area contributed by atoms with E-state index in [-0.39, 0.29) is 0 Å². The Labute approximate surface area is 136 Å². The summed E-state index contributed by atoms with van der Waals surface area (Å²) in [5.41, 5.74) is 5.75. The summed E-state index contributed by atoms with van der Waals surface area (Å²) in [6.07, 6.45) is 0.749. The molecule has 0 radical (unpaired) electrons. The summed E-state index contributed by atoms with van der Waals surface area (Å²) in [6, 6.07) is 10.4. The van der Waals surface area contributed by atoms with E-state index in [1.165, 1.54) is 11.1 Å². The van der Waals surface area contributed by atoms with Crippen molar-refractivity contribution in [1.29, 1.82) is 0 Å². The summed E-state index contributed by atoms with van der Waals surface area (Å²) in [5.74, 6) is 2.92. The second kappa shape index (κ2) is 6.14. The number of rotatable bonds is 3. The fraction of sp³-hybridized carbons (Fsp3) is 0.412. The predicted octanol–water partition coefficient (Wildman–Crippen LogP) is 1.36. The van der Waals surface area contributed by atoms with Gasteiger partial charge in [-0.2, -0.15) is 0 Å². The van der Waals surface area contributed by atoms with Crippen molar-refractivity contribution in [3.63, 3.8) is 0 Å². The molecule has 120 valence electrons. The van der Waals surface area contributed by atoms with Crippen LogP contribution in [0.5, 0.6) is 0 Å². The van der Waals surface area contributed by atoms with Gasteiger partial charge in [-0.25, -0.2) is 15.4 Å². The molecule has 2 aliphatic heterocycles. The van der Waals surface area contributed by atoms with Crippen molar-refractivity contribution >= 4 is 11.6 Å². The van der Waals surface area contributed by atoms with E-state index in [0.717, 1.165) is 56.7 Å². The second-order valence-corrected chi connectivity index (χ2v) is 5.92. The van der Waals surface area contributed by atoms with Gasteiger partial charge in [0.2, 0.25) is 0 Å². The third-order valence-corrected chi connectivity index (χ3v) is 4.34. The second-order valence-electron chi connectivity index (χ2n) is 5.92. The fourth-order valence-corrected chi connectivity index (χ4v) is 3.11. The van der Waals surface area contributed by atoms with Gasteiger partial charge in [0.05, 0.1) is 18.8 Å². The molecule has 1 saturated heterocycles. The zero-order chi connectivity index (χ0) is 15.6. The molecule has 1 aromatic carbocycles. The highest BCUT2D eigenvalue weighted by atomic mass is 16.5. The summed E-state index contributed by atoms with van der Waals surface area (Å²) in [7, 11) is 2.01. The summed E-state index contributed by atoms with van der Waals surface area (Å²) >= 11 is 0. The molecule has 4 rings (SSSR count). The molecule has 2 aromatic rings. The number of nitrogens with zero attached hydrogens (tertiary/aromatic N) is 4. The van der Waals surface area contributed by atoms with Crippen molar-refractivity contribution in [2.24, 2.45) is 0 Å². The number of hydrogen-bond donors (Lipinski definition) is 1. The van der Waals surface area contributed by atoms with Crippen LogP contribution in [-0.4, -0.2) is 43.3 Å². The Morgan fingerprint density at radius 2 is 1.83 bits per heavy atom. The first-order chi connectivity index (χ1) is 11.3. The zero-order valence-electron chi connectivity index (χ0n) is 13.3. The van der Waals surface area contributed by atoms with Crippen molar-refractivity contribution in [2.75, 3.05) is 43.3 Å². The smallest absolute Gasteiger partial charge is 0.153 e. The predicted molar refractivity (Wildman–Crippen MR) is 89.6 cm³/mol. The summed E-state index contributed by atoms with van der Waals surface area (Å²) < 4.78 is 5.48. The Morgan fingerprint density at radius 1 is 1.09 bits per heavy atom. The maximum Gasteiger partial charge on any atom is 0.153 e. The highest BCUT2D eigenvalue weighted by Gasteiger charge is 2.26. The quantitative estimate of drug-likeness (QED) is 0.924. The SMILES string of the molecule is CN1NCc2c(N3CCOCC3)nc(Cc3ccccc3)nc21. The van der Waals surface area contributed by atoms with E-state index in [2.05, 4.69) is 34.6 Å². The average molecular weight is 311 g/mol. The molecule has 0 spiro atoms. The van der Waals surface area contributed by atoms with E-state index >= 15 is 0 Å². The van der Waals surface area contributed by atoms with E-state index in [1.807, 2.05) is 18.1 Å². The molecule has 0 amide bonds. The van der Waals surface area contributed by atoms with E-state index in [4.69, 9.17) is 14.7 Å². The molecule has 0 bridgehead atoms. The molecule has 1 N–H and O–H groups in total. The van der Waals surface area contributed by atoms with Crippen LogP contribution in [0.25, 0.3) is 0 Å². The lowest BCUT2D eigenvalue weighted by atomic mass is 10.1. The van der Waals surface area contributed by atoms with E-state index in [9.17, 15) is 0 Å². The van der Waals surface area contributed by atoms with Crippen LogP contribution in [0.2, 0.25) is 0 Å². The maximum absolute atomic E-state index is 5.48. The van der Waals surface area contributed by atoms with Crippen molar-refractivity contribution in [2.45, 2.75) is 13.0 Å². The van der Waals surface area contributed by atoms with Gasteiger partial charge in [0.15, 0.2) is 5.82 Å². The number of anilines is 2. The Morgan fingerprint density at radius 3 is 2.61 bits per heavy atom. The molecule has 6 heteroatoms. The first-order valence-corrected chi connectivity index (χ1v) is 8.05. The molecule has 0 unspecified atom stereocenters. The first-order valence-electron chi connectivity index (χ1n) is 8.05. The van der Waals surface area contributed by atoms with Crippen molar-refractivity contribution in [1.82, 2.24) is 15.4 Å². The van der Waals surface area contributed by atoms with E-state index < -0.39 is 0 Å². The van der Waals surface area contributed by atoms with Crippen LogP contribution in [-0.2, 0) is 17.7 Å². The number of benzene rings is 1. The van der Waals surface area contributed by atoms with Crippen LogP contribution in [0.15, 0.2) is 30.3 Å². The number of aromatic nitrogens is 2. The first kappa shape index (κ1) is 14.4. The number of nitrogens with one attached hydrogen (secondary N) is 1. The van der Waals surface area contributed by atoms with Gasteiger partial charge in [0.25, 0.3) is 0 Å². The molecule has 3 heterocycles. The third kappa shape index (κ3) is 2.87. The number of ether oxygens (including phenoxy) is 1. The lowest BCUT2D eigenvalue weighted by molar-refractivity contribution is 0.122. The fourth-order valence-electron chi connectivity index (χ4n) is 3.11. The van der Waals surface area contributed by atoms with Crippen LogP contribution in [0.3, 0.4) is 0 Å². The monoisotopic (exact) mass is 311 g/mol. The number of hydrazine groups is 1. The van der Waals surface area contributed by atoms with Gasteiger partial charge in [0.1, 0.15) is 11.6 Å². The van der Waals surface area contributed by atoms with Crippen LogP contribution in [0, 0.1) is 0 Å².